The maximum absolute atomic E-state index is 13.2. The summed E-state index contributed by atoms with van der Waals surface area (Å²) < 4.78 is 23.0. The molecule has 0 saturated heterocycles. The van der Waals surface area contributed by atoms with Gasteiger partial charge in [-0.05, 0) is 25.1 Å². The zero-order chi connectivity index (χ0) is 12.1. The first-order chi connectivity index (χ1) is 7.54. The molecule has 0 amide bonds. The maximum atomic E-state index is 13.2. The SMILES string of the molecule is COC(C)COC(=O)c1cc(N)ccc1F. The molecule has 2 N–H and O–H groups in total. The Kier molecular flexibility index (Phi) is 4.25. The van der Waals surface area contributed by atoms with E-state index in [0.717, 1.165) is 6.07 Å². The van der Waals surface area contributed by atoms with Crippen LogP contribution in [0.25, 0.3) is 0 Å². The van der Waals surface area contributed by atoms with E-state index in [-0.39, 0.29) is 18.3 Å². The Morgan fingerprint density at radius 2 is 2.25 bits per heavy atom. The van der Waals surface area contributed by atoms with Crippen molar-refractivity contribution < 1.29 is 18.7 Å². The van der Waals surface area contributed by atoms with E-state index in [9.17, 15) is 9.18 Å². The lowest BCUT2D eigenvalue weighted by Crippen LogP contribution is -2.18. The Hall–Kier alpha value is -1.62. The molecule has 1 aromatic carbocycles. The Morgan fingerprint density at radius 1 is 1.56 bits per heavy atom. The number of rotatable bonds is 4. The summed E-state index contributed by atoms with van der Waals surface area (Å²) in [5.41, 5.74) is 5.60. The van der Waals surface area contributed by atoms with Gasteiger partial charge in [-0.2, -0.15) is 0 Å². The lowest BCUT2D eigenvalue weighted by atomic mass is 10.2. The summed E-state index contributed by atoms with van der Waals surface area (Å²) in [6, 6.07) is 3.75. The number of anilines is 1. The van der Waals surface area contributed by atoms with Gasteiger partial charge in [-0.3, -0.25) is 0 Å². The van der Waals surface area contributed by atoms with Crippen molar-refractivity contribution in [2.24, 2.45) is 0 Å². The molecule has 4 nitrogen and oxygen atoms in total. The van der Waals surface area contributed by atoms with E-state index >= 15 is 0 Å². The molecule has 0 spiro atoms. The first-order valence-electron chi connectivity index (χ1n) is 4.79. The highest BCUT2D eigenvalue weighted by atomic mass is 19.1. The van der Waals surface area contributed by atoms with E-state index in [2.05, 4.69) is 0 Å². The Bertz CT molecular complexity index is 381. The molecule has 1 aromatic rings. The molecule has 1 unspecified atom stereocenters. The lowest BCUT2D eigenvalue weighted by Gasteiger charge is -2.10. The van der Waals surface area contributed by atoms with Gasteiger partial charge in [0.2, 0.25) is 0 Å². The third-order valence-corrected chi connectivity index (χ3v) is 2.06. The van der Waals surface area contributed by atoms with E-state index in [4.69, 9.17) is 15.2 Å². The van der Waals surface area contributed by atoms with Crippen molar-refractivity contribution in [1.82, 2.24) is 0 Å². The summed E-state index contributed by atoms with van der Waals surface area (Å²) in [5, 5.41) is 0. The van der Waals surface area contributed by atoms with Gasteiger partial charge in [-0.25, -0.2) is 9.18 Å². The van der Waals surface area contributed by atoms with Crippen LogP contribution in [0.15, 0.2) is 18.2 Å². The molecular weight excluding hydrogens is 213 g/mol. The fraction of sp³-hybridized carbons (Fsp3) is 0.364. The normalized spacial score (nSPS) is 12.2. The van der Waals surface area contributed by atoms with Crippen molar-refractivity contribution in [1.29, 1.82) is 0 Å². The number of halogens is 1. The van der Waals surface area contributed by atoms with Crippen LogP contribution in [0.4, 0.5) is 10.1 Å². The van der Waals surface area contributed by atoms with Crippen LogP contribution in [0.2, 0.25) is 0 Å². The molecule has 0 aromatic heterocycles. The Morgan fingerprint density at radius 3 is 2.88 bits per heavy atom. The van der Waals surface area contributed by atoms with Crippen molar-refractivity contribution >= 4 is 11.7 Å². The highest BCUT2D eigenvalue weighted by molar-refractivity contribution is 5.90. The largest absolute Gasteiger partial charge is 0.459 e. The average molecular weight is 227 g/mol. The number of benzene rings is 1. The molecule has 16 heavy (non-hydrogen) atoms. The van der Waals surface area contributed by atoms with Gasteiger partial charge in [0.1, 0.15) is 12.4 Å². The summed E-state index contributed by atoms with van der Waals surface area (Å²) in [5.74, 6) is -1.39. The van der Waals surface area contributed by atoms with Crippen LogP contribution in [-0.4, -0.2) is 25.8 Å². The first-order valence-corrected chi connectivity index (χ1v) is 4.79. The van der Waals surface area contributed by atoms with Crippen LogP contribution in [0.3, 0.4) is 0 Å². The number of hydrogen-bond acceptors (Lipinski definition) is 4. The van der Waals surface area contributed by atoms with E-state index in [1.54, 1.807) is 6.92 Å². The van der Waals surface area contributed by atoms with Crippen LogP contribution in [0, 0.1) is 5.82 Å². The van der Waals surface area contributed by atoms with Gasteiger partial charge in [0.15, 0.2) is 0 Å². The fourth-order valence-electron chi connectivity index (χ4n) is 1.04. The zero-order valence-corrected chi connectivity index (χ0v) is 9.20. The minimum absolute atomic E-state index is 0.0730. The molecule has 0 aliphatic carbocycles. The molecule has 0 radical (unpaired) electrons. The third kappa shape index (κ3) is 3.20. The van der Waals surface area contributed by atoms with Crippen LogP contribution < -0.4 is 5.73 Å². The Labute approximate surface area is 93.2 Å². The smallest absolute Gasteiger partial charge is 0.341 e. The van der Waals surface area contributed by atoms with Gasteiger partial charge >= 0.3 is 5.97 Å². The minimum Gasteiger partial charge on any atom is -0.459 e. The second-order valence-electron chi connectivity index (χ2n) is 3.38. The molecule has 0 fully saturated rings. The number of carbonyl (C=O) groups excluding carboxylic acids is 1. The molecule has 1 atom stereocenters. The average Bonchev–Trinajstić information content (AvgIpc) is 2.28. The van der Waals surface area contributed by atoms with E-state index in [0.29, 0.717) is 5.69 Å². The number of carbonyl (C=O) groups is 1. The number of nitrogens with two attached hydrogens (primary N) is 1. The zero-order valence-electron chi connectivity index (χ0n) is 9.20. The maximum Gasteiger partial charge on any atom is 0.341 e. The second-order valence-corrected chi connectivity index (χ2v) is 3.38. The van der Waals surface area contributed by atoms with Gasteiger partial charge in [-0.1, -0.05) is 0 Å². The standard InChI is InChI=1S/C11H14FNO3/c1-7(15-2)6-16-11(14)9-5-8(13)3-4-10(9)12/h3-5,7H,6,13H2,1-2H3. The van der Waals surface area contributed by atoms with Gasteiger partial charge in [0, 0.05) is 12.8 Å². The third-order valence-electron chi connectivity index (χ3n) is 2.06. The van der Waals surface area contributed by atoms with Crippen LogP contribution >= 0.6 is 0 Å². The molecule has 0 bridgehead atoms. The summed E-state index contributed by atoms with van der Waals surface area (Å²) in [6.45, 7) is 1.81. The summed E-state index contributed by atoms with van der Waals surface area (Å²) in [6.07, 6.45) is -0.229. The number of hydrogen-bond donors (Lipinski definition) is 1. The van der Waals surface area contributed by atoms with E-state index < -0.39 is 11.8 Å². The van der Waals surface area contributed by atoms with Gasteiger partial charge in [0.25, 0.3) is 0 Å². The molecule has 0 aliphatic rings. The summed E-state index contributed by atoms with van der Waals surface area (Å²) in [7, 11) is 1.50. The van der Waals surface area contributed by atoms with Crippen molar-refractivity contribution in [3.63, 3.8) is 0 Å². The summed E-state index contributed by atoms with van der Waals surface area (Å²) in [4.78, 5) is 11.5. The van der Waals surface area contributed by atoms with Crippen LogP contribution in [0.1, 0.15) is 17.3 Å². The quantitative estimate of drug-likeness (QED) is 0.627. The van der Waals surface area contributed by atoms with Gasteiger partial charge < -0.3 is 15.2 Å². The molecular formula is C11H14FNO3. The van der Waals surface area contributed by atoms with Crippen LogP contribution in [-0.2, 0) is 9.47 Å². The number of nitrogen functional groups attached to an aromatic ring is 1. The molecule has 5 heteroatoms. The van der Waals surface area contributed by atoms with E-state index in [1.807, 2.05) is 0 Å². The monoisotopic (exact) mass is 227 g/mol. The highest BCUT2D eigenvalue weighted by Crippen LogP contribution is 2.13. The molecule has 88 valence electrons. The highest BCUT2D eigenvalue weighted by Gasteiger charge is 2.14. The molecule has 0 heterocycles. The van der Waals surface area contributed by atoms with Gasteiger partial charge in [0.05, 0.1) is 11.7 Å². The lowest BCUT2D eigenvalue weighted by molar-refractivity contribution is 0.0165. The predicted octanol–water partition coefficient (Wildman–Crippen LogP) is 1.60. The molecule has 0 aliphatic heterocycles. The van der Waals surface area contributed by atoms with Crippen molar-refractivity contribution in [2.45, 2.75) is 13.0 Å². The second kappa shape index (κ2) is 5.46. The number of ether oxygens (including phenoxy) is 2. The number of esters is 1. The van der Waals surface area contributed by atoms with Crippen LogP contribution in [0.5, 0.6) is 0 Å². The van der Waals surface area contributed by atoms with Gasteiger partial charge in [-0.15, -0.1) is 0 Å². The minimum atomic E-state index is -0.742. The Balaban J connectivity index is 2.69. The van der Waals surface area contributed by atoms with Crippen molar-refractivity contribution in [2.75, 3.05) is 19.5 Å². The molecule has 0 saturated carbocycles. The van der Waals surface area contributed by atoms with Crippen molar-refractivity contribution in [3.8, 4) is 0 Å². The molecule has 1 rings (SSSR count). The summed E-state index contributed by atoms with van der Waals surface area (Å²) >= 11 is 0. The van der Waals surface area contributed by atoms with Crippen molar-refractivity contribution in [3.05, 3.63) is 29.6 Å². The number of methoxy groups -OCH3 is 1. The first kappa shape index (κ1) is 12.4. The fourth-order valence-corrected chi connectivity index (χ4v) is 1.04. The van der Waals surface area contributed by atoms with E-state index in [1.165, 1.54) is 19.2 Å². The predicted molar refractivity (Wildman–Crippen MR) is 57.6 cm³/mol. The topological polar surface area (TPSA) is 61.5 Å².